The van der Waals surface area contributed by atoms with Crippen molar-refractivity contribution < 1.29 is 28.9 Å². The molecule has 1 N–H and O–H groups in total. The van der Waals surface area contributed by atoms with Gasteiger partial charge in [0.05, 0.1) is 41.1 Å². The number of fused-ring (bicyclic) bond motifs is 1. The Labute approximate surface area is 255 Å². The molecule has 0 saturated heterocycles. The highest BCUT2D eigenvalue weighted by molar-refractivity contribution is 7.07. The fraction of sp³-hybridized carbons (Fsp3) is 0.188. The van der Waals surface area contributed by atoms with E-state index in [1.54, 1.807) is 80.6 Å². The van der Waals surface area contributed by atoms with Gasteiger partial charge in [-0.25, -0.2) is 14.6 Å². The molecule has 9 nitrogen and oxygen atoms in total. The predicted molar refractivity (Wildman–Crippen MR) is 163 cm³/mol. The number of carbonyl (C=O) groups excluding carboxylic acids is 1. The van der Waals surface area contributed by atoms with Crippen LogP contribution in [-0.2, 0) is 16.1 Å². The zero-order valence-corrected chi connectivity index (χ0v) is 25.1. The van der Waals surface area contributed by atoms with Gasteiger partial charge in [-0.1, -0.05) is 53.3 Å². The second kappa shape index (κ2) is 12.7. The lowest BCUT2D eigenvalue weighted by Crippen LogP contribution is -2.39. The summed E-state index contributed by atoms with van der Waals surface area (Å²) in [6, 6.07) is 18.0. The van der Waals surface area contributed by atoms with E-state index in [1.165, 1.54) is 29.1 Å². The highest BCUT2D eigenvalue weighted by Crippen LogP contribution is 2.32. The third-order valence-electron chi connectivity index (χ3n) is 6.76. The Morgan fingerprint density at radius 1 is 1.09 bits per heavy atom. The Morgan fingerprint density at radius 2 is 1.86 bits per heavy atom. The molecule has 1 atom stereocenters. The van der Waals surface area contributed by atoms with E-state index in [0.29, 0.717) is 53.8 Å². The molecule has 1 aliphatic rings. The van der Waals surface area contributed by atoms with E-state index in [2.05, 4.69) is 4.99 Å². The number of esters is 1. The van der Waals surface area contributed by atoms with Crippen molar-refractivity contribution in [2.24, 2.45) is 4.99 Å². The Bertz CT molecular complexity index is 1930. The largest absolute Gasteiger partial charge is 0.493 e. The number of ether oxygens (including phenoxy) is 3. The molecular formula is C32H27ClN2O7S. The molecule has 5 rings (SSSR count). The van der Waals surface area contributed by atoms with E-state index in [0.717, 1.165) is 0 Å². The number of carboxylic acid groups (broad SMARTS) is 1. The maximum Gasteiger partial charge on any atom is 0.338 e. The minimum absolute atomic E-state index is 0.141. The second-order valence-corrected chi connectivity index (χ2v) is 11.0. The van der Waals surface area contributed by atoms with Gasteiger partial charge in [0, 0.05) is 5.02 Å². The number of rotatable bonds is 9. The lowest BCUT2D eigenvalue weighted by molar-refractivity contribution is -0.139. The number of hydrogen-bond acceptors (Lipinski definition) is 8. The van der Waals surface area contributed by atoms with Gasteiger partial charge in [-0.2, -0.15) is 0 Å². The van der Waals surface area contributed by atoms with Crippen LogP contribution in [0, 0.1) is 0 Å². The molecule has 0 amide bonds. The van der Waals surface area contributed by atoms with Crippen molar-refractivity contribution in [1.82, 2.24) is 4.57 Å². The molecule has 1 aliphatic heterocycles. The number of allylic oxidation sites excluding steroid dienone is 1. The number of carbonyl (C=O) groups is 2. The summed E-state index contributed by atoms with van der Waals surface area (Å²) in [5, 5.41) is 9.77. The topological polar surface area (TPSA) is 116 Å². The number of hydrogen-bond donors (Lipinski definition) is 1. The van der Waals surface area contributed by atoms with Gasteiger partial charge in [0.2, 0.25) is 0 Å². The number of aromatic carboxylic acids is 1. The van der Waals surface area contributed by atoms with E-state index < -0.39 is 18.0 Å². The summed E-state index contributed by atoms with van der Waals surface area (Å²) in [7, 11) is 1.51. The van der Waals surface area contributed by atoms with Crippen LogP contribution in [0.25, 0.3) is 6.08 Å². The van der Waals surface area contributed by atoms with Gasteiger partial charge in [-0.3, -0.25) is 9.36 Å². The van der Waals surface area contributed by atoms with Crippen molar-refractivity contribution in [2.75, 3.05) is 13.7 Å². The number of carboxylic acids is 1. The van der Waals surface area contributed by atoms with Crippen molar-refractivity contribution in [3.05, 3.63) is 125 Å². The summed E-state index contributed by atoms with van der Waals surface area (Å²) >= 11 is 7.34. The number of halogens is 1. The zero-order chi connectivity index (χ0) is 30.7. The van der Waals surface area contributed by atoms with Crippen LogP contribution in [0.5, 0.6) is 11.5 Å². The lowest BCUT2D eigenvalue weighted by Gasteiger charge is -2.24. The van der Waals surface area contributed by atoms with Crippen LogP contribution < -0.4 is 24.4 Å². The van der Waals surface area contributed by atoms with Gasteiger partial charge >= 0.3 is 11.9 Å². The van der Waals surface area contributed by atoms with E-state index in [1.807, 2.05) is 0 Å². The van der Waals surface area contributed by atoms with Crippen molar-refractivity contribution in [1.29, 1.82) is 0 Å². The van der Waals surface area contributed by atoms with Gasteiger partial charge in [-0.05, 0) is 73.0 Å². The maximum absolute atomic E-state index is 13.8. The predicted octanol–water partition coefficient (Wildman–Crippen LogP) is 4.74. The van der Waals surface area contributed by atoms with Crippen molar-refractivity contribution in [3.63, 3.8) is 0 Å². The summed E-state index contributed by atoms with van der Waals surface area (Å²) in [6.45, 7) is 3.78. The minimum atomic E-state index is -1.01. The first-order chi connectivity index (χ1) is 20.7. The number of nitrogens with zero attached hydrogens (tertiary/aromatic N) is 2. The molecule has 0 fully saturated rings. The molecule has 0 radical (unpaired) electrons. The molecule has 0 spiro atoms. The Kier molecular flexibility index (Phi) is 8.79. The van der Waals surface area contributed by atoms with Crippen LogP contribution in [0.4, 0.5) is 0 Å². The van der Waals surface area contributed by atoms with Gasteiger partial charge in [-0.15, -0.1) is 0 Å². The van der Waals surface area contributed by atoms with Crippen LogP contribution in [0.15, 0.2) is 87.8 Å². The smallest absolute Gasteiger partial charge is 0.338 e. The average Bonchev–Trinajstić information content (AvgIpc) is 3.30. The molecule has 3 aromatic carbocycles. The second-order valence-electron chi connectivity index (χ2n) is 9.56. The summed E-state index contributed by atoms with van der Waals surface area (Å²) in [5.74, 6) is -0.650. The average molecular weight is 619 g/mol. The molecule has 0 unspecified atom stereocenters. The Balaban J connectivity index is 1.51. The number of methoxy groups -OCH3 is 1. The molecular weight excluding hydrogens is 592 g/mol. The molecule has 0 saturated carbocycles. The molecule has 2 heterocycles. The van der Waals surface area contributed by atoms with Crippen LogP contribution in [0.2, 0.25) is 5.02 Å². The van der Waals surface area contributed by atoms with Gasteiger partial charge in [0.1, 0.15) is 6.61 Å². The summed E-state index contributed by atoms with van der Waals surface area (Å²) in [4.78, 5) is 43.2. The number of aromatic nitrogens is 1. The van der Waals surface area contributed by atoms with E-state index >= 15 is 0 Å². The number of thiazole rings is 1. The van der Waals surface area contributed by atoms with Gasteiger partial charge in [0.15, 0.2) is 16.3 Å². The van der Waals surface area contributed by atoms with E-state index in [4.69, 9.17) is 25.8 Å². The first kappa shape index (κ1) is 29.8. The highest BCUT2D eigenvalue weighted by atomic mass is 35.5. The zero-order valence-electron chi connectivity index (χ0n) is 23.5. The third-order valence-corrected chi connectivity index (χ3v) is 7.99. The summed E-state index contributed by atoms with van der Waals surface area (Å²) < 4.78 is 18.7. The summed E-state index contributed by atoms with van der Waals surface area (Å²) in [5.41, 5.74) is 2.71. The monoisotopic (exact) mass is 618 g/mol. The van der Waals surface area contributed by atoms with Crippen LogP contribution in [-0.4, -0.2) is 35.3 Å². The van der Waals surface area contributed by atoms with Crippen LogP contribution in [0.1, 0.15) is 46.9 Å². The van der Waals surface area contributed by atoms with Gasteiger partial charge in [0.25, 0.3) is 5.56 Å². The Hall–Kier alpha value is -4.67. The molecule has 0 bridgehead atoms. The SMILES string of the molecule is CCOC(=O)C1=C(C)N=c2s/c(=C\c3ccc(OCc4cccc(C(=O)O)c4)c(OC)c3)c(=O)n2[C@H]1c1ccc(Cl)cc1. The van der Waals surface area contributed by atoms with Crippen molar-refractivity contribution >= 4 is 41.0 Å². The first-order valence-corrected chi connectivity index (χ1v) is 14.5. The van der Waals surface area contributed by atoms with Crippen LogP contribution in [0.3, 0.4) is 0 Å². The van der Waals surface area contributed by atoms with Crippen LogP contribution >= 0.6 is 22.9 Å². The molecule has 43 heavy (non-hydrogen) atoms. The van der Waals surface area contributed by atoms with Crippen molar-refractivity contribution in [3.8, 4) is 11.5 Å². The molecule has 1 aromatic heterocycles. The van der Waals surface area contributed by atoms with Gasteiger partial charge < -0.3 is 19.3 Å². The maximum atomic E-state index is 13.8. The van der Waals surface area contributed by atoms with E-state index in [9.17, 15) is 19.5 Å². The lowest BCUT2D eigenvalue weighted by atomic mass is 9.96. The normalized spacial score (nSPS) is 14.6. The Morgan fingerprint density at radius 3 is 2.56 bits per heavy atom. The molecule has 11 heteroatoms. The fourth-order valence-corrected chi connectivity index (χ4v) is 5.92. The highest BCUT2D eigenvalue weighted by Gasteiger charge is 2.33. The summed E-state index contributed by atoms with van der Waals surface area (Å²) in [6.07, 6.45) is 1.73. The first-order valence-electron chi connectivity index (χ1n) is 13.3. The fourth-order valence-electron chi connectivity index (χ4n) is 4.75. The van der Waals surface area contributed by atoms with Crippen molar-refractivity contribution in [2.45, 2.75) is 26.5 Å². The quantitative estimate of drug-likeness (QED) is 0.269. The number of benzene rings is 3. The third kappa shape index (κ3) is 6.25. The standard InChI is InChI=1S/C32H27ClN2O7S/c1-4-41-31(39)27-18(2)34-32-35(28(27)21-9-11-23(33)12-10-21)29(36)26(43-32)16-19-8-13-24(25(15-19)40-3)42-17-20-6-5-7-22(14-20)30(37)38/h5-16,28H,4,17H2,1-3H3,(H,37,38)/b26-16-/t28-/m0/s1. The minimum Gasteiger partial charge on any atom is -0.493 e. The molecule has 220 valence electrons. The molecule has 0 aliphatic carbocycles. The van der Waals surface area contributed by atoms with E-state index in [-0.39, 0.29) is 24.3 Å². The molecule has 4 aromatic rings.